The zero-order valence-corrected chi connectivity index (χ0v) is 19.4. The fraction of sp³-hybridized carbons (Fsp3) is 0.577. The minimum Gasteiger partial charge on any atom is -0.493 e. The van der Waals surface area contributed by atoms with E-state index in [1.54, 1.807) is 12.1 Å². The van der Waals surface area contributed by atoms with Gasteiger partial charge in [0.25, 0.3) is 0 Å². The Kier molecular flexibility index (Phi) is 7.68. The van der Waals surface area contributed by atoms with Gasteiger partial charge < -0.3 is 14.6 Å². The number of hydrogen-bond donors (Lipinski definition) is 1. The quantitative estimate of drug-likeness (QED) is 0.347. The monoisotopic (exact) mass is 454 g/mol. The van der Waals surface area contributed by atoms with Gasteiger partial charge >= 0.3 is 5.97 Å². The number of hydrazone groups is 1. The van der Waals surface area contributed by atoms with Crippen LogP contribution in [0.4, 0.5) is 0 Å². The van der Waals surface area contributed by atoms with Crippen molar-refractivity contribution in [2.24, 2.45) is 16.9 Å². The molecule has 2 atom stereocenters. The third-order valence-corrected chi connectivity index (χ3v) is 6.96. The van der Waals surface area contributed by atoms with Crippen molar-refractivity contribution in [3.8, 4) is 11.5 Å². The number of carboxylic acids is 1. The molecule has 3 aliphatic rings. The molecule has 1 fully saturated rings. The smallest absolute Gasteiger partial charge is 0.303 e. The molecule has 1 aromatic carbocycles. The summed E-state index contributed by atoms with van der Waals surface area (Å²) in [7, 11) is 1.59. The zero-order chi connectivity index (χ0) is 23.2. The molecule has 0 bridgehead atoms. The normalized spacial score (nSPS) is 23.5. The molecule has 4 rings (SSSR count). The number of amides is 1. The van der Waals surface area contributed by atoms with E-state index in [1.165, 1.54) is 12.8 Å². The third kappa shape index (κ3) is 5.40. The maximum absolute atomic E-state index is 13.4. The Morgan fingerprint density at radius 2 is 1.82 bits per heavy atom. The fourth-order valence-corrected chi connectivity index (χ4v) is 5.19. The first-order valence-electron chi connectivity index (χ1n) is 12.2. The number of carbonyl (C=O) groups is 2. The van der Waals surface area contributed by atoms with Gasteiger partial charge in [-0.15, -0.1) is 0 Å². The summed E-state index contributed by atoms with van der Waals surface area (Å²) in [6, 6.07) is 5.95. The Morgan fingerprint density at radius 3 is 2.52 bits per heavy atom. The number of nitrogens with zero attached hydrogens (tertiary/aromatic N) is 2. The Morgan fingerprint density at radius 1 is 1.09 bits per heavy atom. The first kappa shape index (κ1) is 23.3. The molecule has 2 aliphatic carbocycles. The van der Waals surface area contributed by atoms with E-state index in [9.17, 15) is 9.59 Å². The molecular formula is C26H34N2O5. The summed E-state index contributed by atoms with van der Waals surface area (Å²) >= 11 is 0. The second kappa shape index (κ2) is 10.9. The lowest BCUT2D eigenvalue weighted by Crippen LogP contribution is -2.49. The van der Waals surface area contributed by atoms with E-state index in [4.69, 9.17) is 19.7 Å². The minimum atomic E-state index is -0.837. The highest BCUT2D eigenvalue weighted by Crippen LogP contribution is 2.38. The number of fused-ring (bicyclic) bond motifs is 1. The van der Waals surface area contributed by atoms with Crippen molar-refractivity contribution in [2.45, 2.75) is 70.3 Å². The van der Waals surface area contributed by atoms with Gasteiger partial charge in [0.1, 0.15) is 0 Å². The van der Waals surface area contributed by atoms with E-state index in [1.807, 2.05) is 18.2 Å². The first-order chi connectivity index (χ1) is 16.1. The van der Waals surface area contributed by atoms with Crippen LogP contribution in [0.1, 0.15) is 69.8 Å². The van der Waals surface area contributed by atoms with E-state index in [0.29, 0.717) is 24.5 Å². The predicted octanol–water partition coefficient (Wildman–Crippen LogP) is 4.79. The summed E-state index contributed by atoms with van der Waals surface area (Å²) in [5.74, 6) is 0.478. The van der Waals surface area contributed by atoms with Crippen molar-refractivity contribution in [2.75, 3.05) is 13.7 Å². The molecule has 33 heavy (non-hydrogen) atoms. The lowest BCUT2D eigenvalue weighted by atomic mass is 9.76. The Labute approximate surface area is 195 Å². The summed E-state index contributed by atoms with van der Waals surface area (Å²) in [6.45, 7) is 0.292. The molecule has 1 heterocycles. The van der Waals surface area contributed by atoms with E-state index in [0.717, 1.165) is 49.8 Å². The number of allylic oxidation sites excluding steroid dienone is 2. The Bertz CT molecular complexity index is 917. The van der Waals surface area contributed by atoms with Crippen LogP contribution in [0.25, 0.3) is 0 Å². The van der Waals surface area contributed by atoms with Crippen LogP contribution in [0.2, 0.25) is 0 Å². The topological polar surface area (TPSA) is 88.4 Å². The van der Waals surface area contributed by atoms with Gasteiger partial charge in [-0.2, -0.15) is 5.10 Å². The highest BCUT2D eigenvalue weighted by molar-refractivity contribution is 6.07. The summed E-state index contributed by atoms with van der Waals surface area (Å²) in [6.07, 6.45) is 13.1. The van der Waals surface area contributed by atoms with Crippen molar-refractivity contribution < 1.29 is 24.2 Å². The molecule has 1 aromatic rings. The predicted molar refractivity (Wildman–Crippen MR) is 126 cm³/mol. The molecule has 7 heteroatoms. The summed E-state index contributed by atoms with van der Waals surface area (Å²) in [5.41, 5.74) is 1.87. The van der Waals surface area contributed by atoms with Gasteiger partial charge in [-0.1, -0.05) is 37.8 Å². The van der Waals surface area contributed by atoms with E-state index >= 15 is 0 Å². The molecule has 0 radical (unpaired) electrons. The number of carbonyl (C=O) groups excluding carboxylic acids is 1. The third-order valence-electron chi connectivity index (χ3n) is 6.96. The molecule has 0 saturated heterocycles. The maximum Gasteiger partial charge on any atom is 0.303 e. The number of aliphatic carboxylic acids is 1. The molecule has 178 valence electrons. The van der Waals surface area contributed by atoms with Crippen LogP contribution >= 0.6 is 0 Å². The number of methoxy groups -OCH3 is 1. The van der Waals surface area contributed by atoms with Crippen molar-refractivity contribution in [3.05, 3.63) is 35.9 Å². The van der Waals surface area contributed by atoms with Gasteiger partial charge in [0.05, 0.1) is 31.4 Å². The molecule has 0 aromatic heterocycles. The summed E-state index contributed by atoms with van der Waals surface area (Å²) in [4.78, 5) is 24.2. The number of ether oxygens (including phenoxy) is 2. The van der Waals surface area contributed by atoms with Crippen LogP contribution in [0.5, 0.6) is 11.5 Å². The lowest BCUT2D eigenvalue weighted by Gasteiger charge is -2.40. The average Bonchev–Trinajstić information content (AvgIpc) is 3.11. The zero-order valence-electron chi connectivity index (χ0n) is 19.4. The van der Waals surface area contributed by atoms with Gasteiger partial charge in [0.2, 0.25) is 5.91 Å². The Hall–Kier alpha value is -2.83. The van der Waals surface area contributed by atoms with Gasteiger partial charge in [-0.05, 0) is 50.3 Å². The second-order valence-corrected chi connectivity index (χ2v) is 9.18. The largest absolute Gasteiger partial charge is 0.493 e. The standard InChI is InChI=1S/C26H34N2O5/c1-32-22-15-14-18(17-23(22)33-16-8-13-24(29)30)25-20-11-6-7-12-21(20)26(31)28(27-25)19-9-4-2-3-5-10-19/h6-7,14-15,17,19-21H,2-5,8-13,16H2,1H3,(H,29,30). The van der Waals surface area contributed by atoms with E-state index in [2.05, 4.69) is 12.2 Å². The van der Waals surface area contributed by atoms with Gasteiger partial charge in [0.15, 0.2) is 11.5 Å². The molecule has 0 spiro atoms. The molecule has 7 nitrogen and oxygen atoms in total. The fourth-order valence-electron chi connectivity index (χ4n) is 5.19. The van der Waals surface area contributed by atoms with Gasteiger partial charge in [0, 0.05) is 17.9 Å². The number of benzene rings is 1. The van der Waals surface area contributed by atoms with E-state index < -0.39 is 5.97 Å². The number of hydrogen-bond acceptors (Lipinski definition) is 5. The van der Waals surface area contributed by atoms with Crippen LogP contribution in [-0.4, -0.2) is 47.5 Å². The van der Waals surface area contributed by atoms with Crippen molar-refractivity contribution in [3.63, 3.8) is 0 Å². The Balaban J connectivity index is 1.64. The molecule has 1 N–H and O–H groups in total. The SMILES string of the molecule is COc1ccc(C2=NN(C3CCCCCC3)C(=O)C3CC=CCC23)cc1OCCCC(=O)O. The van der Waals surface area contributed by atoms with Crippen LogP contribution in [0.3, 0.4) is 0 Å². The van der Waals surface area contributed by atoms with Crippen LogP contribution < -0.4 is 9.47 Å². The lowest BCUT2D eigenvalue weighted by molar-refractivity contribution is -0.140. The van der Waals surface area contributed by atoms with Crippen LogP contribution in [0.15, 0.2) is 35.5 Å². The second-order valence-electron chi connectivity index (χ2n) is 9.18. The summed E-state index contributed by atoms with van der Waals surface area (Å²) < 4.78 is 11.4. The van der Waals surface area contributed by atoms with E-state index in [-0.39, 0.29) is 30.2 Å². The molecular weight excluding hydrogens is 420 g/mol. The number of carboxylic acid groups (broad SMARTS) is 1. The highest BCUT2D eigenvalue weighted by atomic mass is 16.5. The van der Waals surface area contributed by atoms with Crippen molar-refractivity contribution in [1.29, 1.82) is 0 Å². The molecule has 1 amide bonds. The first-order valence-corrected chi connectivity index (χ1v) is 12.2. The average molecular weight is 455 g/mol. The molecule has 1 aliphatic heterocycles. The molecule has 2 unspecified atom stereocenters. The molecule has 1 saturated carbocycles. The van der Waals surface area contributed by atoms with Crippen molar-refractivity contribution in [1.82, 2.24) is 5.01 Å². The van der Waals surface area contributed by atoms with Crippen LogP contribution in [-0.2, 0) is 9.59 Å². The highest BCUT2D eigenvalue weighted by Gasteiger charge is 2.42. The maximum atomic E-state index is 13.4. The number of rotatable bonds is 8. The minimum absolute atomic E-state index is 0.0535. The van der Waals surface area contributed by atoms with Gasteiger partial charge in [-0.25, -0.2) is 5.01 Å². The summed E-state index contributed by atoms with van der Waals surface area (Å²) in [5, 5.41) is 15.7. The van der Waals surface area contributed by atoms with Crippen molar-refractivity contribution >= 4 is 17.6 Å². The van der Waals surface area contributed by atoms with Gasteiger partial charge in [-0.3, -0.25) is 9.59 Å². The van der Waals surface area contributed by atoms with Crippen LogP contribution in [0, 0.1) is 11.8 Å².